The second kappa shape index (κ2) is 6.77. The average Bonchev–Trinajstić information content (AvgIpc) is 3.03. The molecule has 8 heteroatoms. The molecule has 27 heavy (non-hydrogen) atoms. The number of nitrogen functional groups attached to an aromatic ring is 1. The van der Waals surface area contributed by atoms with E-state index in [9.17, 15) is 5.26 Å². The molecule has 0 fully saturated rings. The molecular weight excluding hydrogens is 383 g/mol. The minimum Gasteiger partial charge on any atom is -0.381 e. The van der Waals surface area contributed by atoms with E-state index in [1.807, 2.05) is 12.1 Å². The van der Waals surface area contributed by atoms with Crippen LogP contribution in [-0.2, 0) is 0 Å². The predicted molar refractivity (Wildman–Crippen MR) is 105 cm³/mol. The van der Waals surface area contributed by atoms with Crippen molar-refractivity contribution in [3.63, 3.8) is 0 Å². The Morgan fingerprint density at radius 3 is 2.93 bits per heavy atom. The number of allylic oxidation sites excluding steroid dienone is 4. The van der Waals surface area contributed by atoms with Gasteiger partial charge in [0.25, 0.3) is 0 Å². The Bertz CT molecular complexity index is 1240. The van der Waals surface area contributed by atoms with Gasteiger partial charge in [0.05, 0.1) is 28.1 Å². The SMILES string of the molecule is N#Cc1nc(-c2cc(Cl)c3[nH]ncc3c2)c(C2C#CC=CC=C2Cl)nc1N. The number of anilines is 1. The van der Waals surface area contributed by atoms with Crippen LogP contribution in [0.25, 0.3) is 22.2 Å². The highest BCUT2D eigenvalue weighted by Gasteiger charge is 2.24. The number of halogens is 2. The quantitative estimate of drug-likeness (QED) is 0.643. The van der Waals surface area contributed by atoms with Crippen LogP contribution in [0, 0.1) is 23.2 Å². The molecule has 2 heterocycles. The molecular formula is C19H10Cl2N6. The third-order valence-electron chi connectivity index (χ3n) is 4.04. The van der Waals surface area contributed by atoms with E-state index in [-0.39, 0.29) is 11.5 Å². The lowest BCUT2D eigenvalue weighted by Crippen LogP contribution is -2.09. The Balaban J connectivity index is 2.00. The maximum Gasteiger partial charge on any atom is 0.183 e. The number of nitrogens with two attached hydrogens (primary N) is 1. The molecule has 6 nitrogen and oxygen atoms in total. The minimum atomic E-state index is -0.530. The molecule has 1 aliphatic rings. The number of hydrogen-bond acceptors (Lipinski definition) is 5. The number of nitriles is 1. The van der Waals surface area contributed by atoms with Crippen LogP contribution < -0.4 is 5.73 Å². The van der Waals surface area contributed by atoms with Crippen molar-refractivity contribution in [2.45, 2.75) is 5.92 Å². The van der Waals surface area contributed by atoms with Gasteiger partial charge in [-0.2, -0.15) is 10.4 Å². The van der Waals surface area contributed by atoms with Crippen LogP contribution in [0.15, 0.2) is 41.6 Å². The highest BCUT2D eigenvalue weighted by Crippen LogP contribution is 2.36. The molecule has 0 aliphatic heterocycles. The lowest BCUT2D eigenvalue weighted by atomic mass is 9.98. The Labute approximate surface area is 164 Å². The summed E-state index contributed by atoms with van der Waals surface area (Å²) in [6, 6.07) is 5.55. The van der Waals surface area contributed by atoms with Crippen molar-refractivity contribution < 1.29 is 0 Å². The smallest absolute Gasteiger partial charge is 0.183 e. The summed E-state index contributed by atoms with van der Waals surface area (Å²) < 4.78 is 0. The molecule has 0 radical (unpaired) electrons. The van der Waals surface area contributed by atoms with E-state index >= 15 is 0 Å². The number of H-pyrrole nitrogens is 1. The van der Waals surface area contributed by atoms with Gasteiger partial charge < -0.3 is 5.73 Å². The lowest BCUT2D eigenvalue weighted by molar-refractivity contribution is 0.981. The van der Waals surface area contributed by atoms with Crippen molar-refractivity contribution in [2.24, 2.45) is 0 Å². The zero-order valence-electron chi connectivity index (χ0n) is 13.7. The fraction of sp³-hybridized carbons (Fsp3) is 0.0526. The third-order valence-corrected chi connectivity index (χ3v) is 4.68. The summed E-state index contributed by atoms with van der Waals surface area (Å²) in [4.78, 5) is 8.83. The Kier molecular flexibility index (Phi) is 4.29. The fourth-order valence-electron chi connectivity index (χ4n) is 2.79. The van der Waals surface area contributed by atoms with Gasteiger partial charge in [-0.25, -0.2) is 9.97 Å². The highest BCUT2D eigenvalue weighted by molar-refractivity contribution is 6.35. The molecule has 3 aromatic rings. The summed E-state index contributed by atoms with van der Waals surface area (Å²) in [5.41, 5.74) is 8.21. The summed E-state index contributed by atoms with van der Waals surface area (Å²) in [5, 5.41) is 17.9. The minimum absolute atomic E-state index is 0.0233. The van der Waals surface area contributed by atoms with E-state index in [0.29, 0.717) is 32.5 Å². The van der Waals surface area contributed by atoms with Gasteiger partial charge in [-0.3, -0.25) is 5.10 Å². The van der Waals surface area contributed by atoms with E-state index in [1.54, 1.807) is 30.5 Å². The van der Waals surface area contributed by atoms with Gasteiger partial charge in [-0.1, -0.05) is 41.1 Å². The molecule has 0 amide bonds. The van der Waals surface area contributed by atoms with Gasteiger partial charge in [0, 0.05) is 16.0 Å². The highest BCUT2D eigenvalue weighted by atomic mass is 35.5. The predicted octanol–water partition coefficient (Wildman–Crippen LogP) is 3.91. The number of fused-ring (bicyclic) bond motifs is 1. The summed E-state index contributed by atoms with van der Waals surface area (Å²) >= 11 is 12.8. The molecule has 1 aliphatic carbocycles. The lowest BCUT2D eigenvalue weighted by Gasteiger charge is -2.15. The Morgan fingerprint density at radius 2 is 2.11 bits per heavy atom. The molecule has 0 spiro atoms. The number of aromatic nitrogens is 4. The van der Waals surface area contributed by atoms with E-state index in [0.717, 1.165) is 5.39 Å². The normalized spacial score (nSPS) is 15.6. The summed E-state index contributed by atoms with van der Waals surface area (Å²) in [6.07, 6.45) is 6.83. The molecule has 0 saturated heterocycles. The largest absolute Gasteiger partial charge is 0.381 e. The zero-order chi connectivity index (χ0) is 19.0. The van der Waals surface area contributed by atoms with Gasteiger partial charge in [0.2, 0.25) is 0 Å². The molecule has 1 unspecified atom stereocenters. The van der Waals surface area contributed by atoms with Gasteiger partial charge in [-0.15, -0.1) is 0 Å². The number of benzene rings is 1. The molecule has 1 atom stereocenters. The van der Waals surface area contributed by atoms with Crippen LogP contribution in [-0.4, -0.2) is 20.2 Å². The summed E-state index contributed by atoms with van der Waals surface area (Å²) in [5.74, 6) is 5.44. The Hall–Kier alpha value is -3.32. The molecule has 4 rings (SSSR count). The molecule has 0 bridgehead atoms. The van der Waals surface area contributed by atoms with Gasteiger partial charge >= 0.3 is 0 Å². The van der Waals surface area contributed by atoms with Crippen LogP contribution in [0.5, 0.6) is 0 Å². The van der Waals surface area contributed by atoms with Crippen molar-refractivity contribution in [3.8, 4) is 29.2 Å². The van der Waals surface area contributed by atoms with Gasteiger partial charge in [0.15, 0.2) is 11.5 Å². The van der Waals surface area contributed by atoms with Crippen molar-refractivity contribution in [1.82, 2.24) is 20.2 Å². The van der Waals surface area contributed by atoms with Crippen molar-refractivity contribution in [2.75, 3.05) is 5.73 Å². The molecule has 1 aromatic carbocycles. The van der Waals surface area contributed by atoms with E-state index in [1.165, 1.54) is 0 Å². The maximum absolute atomic E-state index is 9.33. The first-order valence-electron chi connectivity index (χ1n) is 7.82. The van der Waals surface area contributed by atoms with E-state index < -0.39 is 5.92 Å². The molecule has 2 aromatic heterocycles. The summed E-state index contributed by atoms with van der Waals surface area (Å²) in [7, 11) is 0. The van der Waals surface area contributed by atoms with Crippen LogP contribution in [0.4, 0.5) is 5.82 Å². The number of aromatic amines is 1. The van der Waals surface area contributed by atoms with Crippen LogP contribution in [0.2, 0.25) is 5.02 Å². The molecule has 0 saturated carbocycles. The number of rotatable bonds is 2. The average molecular weight is 393 g/mol. The monoisotopic (exact) mass is 392 g/mol. The van der Waals surface area contributed by atoms with Gasteiger partial charge in [-0.05, 0) is 24.3 Å². The number of hydrogen-bond donors (Lipinski definition) is 2. The first-order chi connectivity index (χ1) is 13.1. The molecule has 3 N–H and O–H groups in total. The van der Waals surface area contributed by atoms with Crippen LogP contribution in [0.1, 0.15) is 17.3 Å². The van der Waals surface area contributed by atoms with Crippen LogP contribution in [0.3, 0.4) is 0 Å². The number of nitrogens with zero attached hydrogens (tertiary/aromatic N) is 4. The number of nitrogens with one attached hydrogen (secondary N) is 1. The van der Waals surface area contributed by atoms with E-state index in [4.69, 9.17) is 28.9 Å². The molecule has 130 valence electrons. The fourth-order valence-corrected chi connectivity index (χ4v) is 3.29. The third kappa shape index (κ3) is 3.02. The zero-order valence-corrected chi connectivity index (χ0v) is 15.2. The topological polar surface area (TPSA) is 104 Å². The first-order valence-corrected chi connectivity index (χ1v) is 8.58. The second-order valence-electron chi connectivity index (χ2n) is 5.73. The second-order valence-corrected chi connectivity index (χ2v) is 6.57. The van der Waals surface area contributed by atoms with Crippen LogP contribution >= 0.6 is 23.2 Å². The van der Waals surface area contributed by atoms with Gasteiger partial charge in [0.1, 0.15) is 12.0 Å². The first kappa shape index (κ1) is 17.1. The standard InChI is InChI=1S/C19H10Cl2N6/c20-13-5-3-1-2-4-12(13)18-17(25-15(8-22)19(23)26-18)10-6-11-9-24-27-16(11)14(21)7-10/h1,3,5-7,9,12H,(H2,23,26)(H,24,27). The maximum atomic E-state index is 9.33. The van der Waals surface area contributed by atoms with Crippen molar-refractivity contribution in [3.05, 3.63) is 58.0 Å². The Morgan fingerprint density at radius 1 is 1.26 bits per heavy atom. The van der Waals surface area contributed by atoms with Crippen molar-refractivity contribution in [1.29, 1.82) is 5.26 Å². The van der Waals surface area contributed by atoms with Crippen molar-refractivity contribution >= 4 is 39.9 Å². The van der Waals surface area contributed by atoms with E-state index in [2.05, 4.69) is 32.0 Å². The summed E-state index contributed by atoms with van der Waals surface area (Å²) in [6.45, 7) is 0.